The molecule has 1 heterocycles. The number of aromatic nitrogens is 1. The standard InChI is InChI=1S/C10H15N3O/c1-3-9(11)10(14)13-8-4-7(2)5-12-6-8/h4-6,9H,3,11H2,1-2H3,(H,13,14). The molecule has 4 nitrogen and oxygen atoms in total. The molecule has 76 valence electrons. The Morgan fingerprint density at radius 1 is 1.64 bits per heavy atom. The van der Waals surface area contributed by atoms with Crippen LogP contribution in [0.25, 0.3) is 0 Å². The molecule has 0 radical (unpaired) electrons. The Bertz CT molecular complexity index is 325. The molecular weight excluding hydrogens is 178 g/mol. The van der Waals surface area contributed by atoms with Crippen LogP contribution in [0.15, 0.2) is 18.5 Å². The highest BCUT2D eigenvalue weighted by Crippen LogP contribution is 2.07. The number of anilines is 1. The van der Waals surface area contributed by atoms with Gasteiger partial charge in [-0.2, -0.15) is 0 Å². The summed E-state index contributed by atoms with van der Waals surface area (Å²) < 4.78 is 0. The third-order valence-corrected chi connectivity index (χ3v) is 1.92. The molecule has 0 saturated heterocycles. The Labute approximate surface area is 83.5 Å². The largest absolute Gasteiger partial charge is 0.323 e. The van der Waals surface area contributed by atoms with Gasteiger partial charge >= 0.3 is 0 Å². The van der Waals surface area contributed by atoms with Crippen molar-refractivity contribution in [2.75, 3.05) is 5.32 Å². The predicted molar refractivity (Wildman–Crippen MR) is 55.9 cm³/mol. The number of nitrogens with zero attached hydrogens (tertiary/aromatic N) is 1. The van der Waals surface area contributed by atoms with Gasteiger partial charge in [0.25, 0.3) is 0 Å². The van der Waals surface area contributed by atoms with E-state index < -0.39 is 6.04 Å². The van der Waals surface area contributed by atoms with E-state index in [1.807, 2.05) is 19.9 Å². The molecule has 1 unspecified atom stereocenters. The number of hydrogen-bond acceptors (Lipinski definition) is 3. The third-order valence-electron chi connectivity index (χ3n) is 1.92. The molecule has 4 heteroatoms. The number of nitrogens with one attached hydrogen (secondary N) is 1. The van der Waals surface area contributed by atoms with Crippen LogP contribution >= 0.6 is 0 Å². The molecular formula is C10H15N3O. The van der Waals surface area contributed by atoms with E-state index in [-0.39, 0.29) is 5.91 Å². The number of rotatable bonds is 3. The van der Waals surface area contributed by atoms with E-state index >= 15 is 0 Å². The Morgan fingerprint density at radius 2 is 2.36 bits per heavy atom. The first-order valence-corrected chi connectivity index (χ1v) is 4.61. The number of pyridine rings is 1. The molecule has 3 N–H and O–H groups in total. The molecule has 1 amide bonds. The second-order valence-electron chi connectivity index (χ2n) is 3.25. The van der Waals surface area contributed by atoms with E-state index in [9.17, 15) is 4.79 Å². The summed E-state index contributed by atoms with van der Waals surface area (Å²) in [7, 11) is 0. The molecule has 1 rings (SSSR count). The number of amides is 1. The first-order valence-electron chi connectivity index (χ1n) is 4.61. The molecule has 1 aromatic rings. The number of hydrogen-bond donors (Lipinski definition) is 2. The van der Waals surface area contributed by atoms with E-state index in [1.165, 1.54) is 0 Å². The van der Waals surface area contributed by atoms with Crippen LogP contribution in [0.5, 0.6) is 0 Å². The number of carbonyl (C=O) groups excluding carboxylic acids is 1. The molecule has 0 fully saturated rings. The van der Waals surface area contributed by atoms with Crippen molar-refractivity contribution in [1.82, 2.24) is 4.98 Å². The maximum atomic E-state index is 11.4. The van der Waals surface area contributed by atoms with Crippen LogP contribution in [0.4, 0.5) is 5.69 Å². The monoisotopic (exact) mass is 193 g/mol. The smallest absolute Gasteiger partial charge is 0.241 e. The van der Waals surface area contributed by atoms with Gasteiger partial charge in [-0.1, -0.05) is 6.92 Å². The van der Waals surface area contributed by atoms with E-state index in [1.54, 1.807) is 12.4 Å². The van der Waals surface area contributed by atoms with Gasteiger partial charge in [-0.05, 0) is 25.0 Å². The Morgan fingerprint density at radius 3 is 2.93 bits per heavy atom. The fourth-order valence-electron chi connectivity index (χ4n) is 1.04. The average Bonchev–Trinajstić information content (AvgIpc) is 2.16. The van der Waals surface area contributed by atoms with Crippen LogP contribution in [0.2, 0.25) is 0 Å². The minimum Gasteiger partial charge on any atom is -0.323 e. The lowest BCUT2D eigenvalue weighted by molar-refractivity contribution is -0.117. The Kier molecular flexibility index (Phi) is 3.59. The lowest BCUT2D eigenvalue weighted by Gasteiger charge is -2.09. The fourth-order valence-corrected chi connectivity index (χ4v) is 1.04. The van der Waals surface area contributed by atoms with Crippen molar-refractivity contribution < 1.29 is 4.79 Å². The van der Waals surface area contributed by atoms with Crippen molar-refractivity contribution in [3.63, 3.8) is 0 Å². The molecule has 0 saturated carbocycles. The third kappa shape index (κ3) is 2.81. The van der Waals surface area contributed by atoms with Crippen molar-refractivity contribution in [3.05, 3.63) is 24.0 Å². The summed E-state index contributed by atoms with van der Waals surface area (Å²) in [5.74, 6) is -0.167. The molecule has 1 aromatic heterocycles. The number of carbonyl (C=O) groups is 1. The summed E-state index contributed by atoms with van der Waals surface area (Å²) in [5, 5.41) is 2.71. The zero-order chi connectivity index (χ0) is 10.6. The van der Waals surface area contributed by atoms with Crippen molar-refractivity contribution in [3.8, 4) is 0 Å². The highest BCUT2D eigenvalue weighted by molar-refractivity contribution is 5.94. The maximum absolute atomic E-state index is 11.4. The first kappa shape index (κ1) is 10.7. The highest BCUT2D eigenvalue weighted by atomic mass is 16.2. The van der Waals surface area contributed by atoms with Crippen LogP contribution in [0.1, 0.15) is 18.9 Å². The van der Waals surface area contributed by atoms with Crippen LogP contribution < -0.4 is 11.1 Å². The minimum atomic E-state index is -0.449. The first-order chi connectivity index (χ1) is 6.63. The molecule has 1 atom stereocenters. The fraction of sp³-hybridized carbons (Fsp3) is 0.400. The Balaban J connectivity index is 2.65. The van der Waals surface area contributed by atoms with Gasteiger partial charge in [0.2, 0.25) is 5.91 Å². The van der Waals surface area contributed by atoms with E-state index in [0.29, 0.717) is 12.1 Å². The van der Waals surface area contributed by atoms with Crippen molar-refractivity contribution in [2.24, 2.45) is 5.73 Å². The minimum absolute atomic E-state index is 0.167. The summed E-state index contributed by atoms with van der Waals surface area (Å²) in [5.41, 5.74) is 7.27. The summed E-state index contributed by atoms with van der Waals surface area (Å²) in [4.78, 5) is 15.4. The van der Waals surface area contributed by atoms with Gasteiger partial charge in [-0.25, -0.2) is 0 Å². The molecule has 0 spiro atoms. The average molecular weight is 193 g/mol. The van der Waals surface area contributed by atoms with Crippen LogP contribution in [0.3, 0.4) is 0 Å². The van der Waals surface area contributed by atoms with Crippen LogP contribution in [-0.2, 0) is 4.79 Å². The topological polar surface area (TPSA) is 68.0 Å². The molecule has 0 aliphatic carbocycles. The SMILES string of the molecule is CCC(N)C(=O)Nc1cncc(C)c1. The van der Waals surface area contributed by atoms with Gasteiger partial charge in [-0.3, -0.25) is 9.78 Å². The van der Waals surface area contributed by atoms with Gasteiger partial charge in [0.1, 0.15) is 0 Å². The summed E-state index contributed by atoms with van der Waals surface area (Å²) in [6.45, 7) is 3.79. The highest BCUT2D eigenvalue weighted by Gasteiger charge is 2.10. The molecule has 0 aromatic carbocycles. The van der Waals surface area contributed by atoms with E-state index in [2.05, 4.69) is 10.3 Å². The number of nitrogens with two attached hydrogens (primary N) is 1. The zero-order valence-electron chi connectivity index (χ0n) is 8.45. The van der Waals surface area contributed by atoms with Crippen LogP contribution in [0, 0.1) is 6.92 Å². The lowest BCUT2D eigenvalue weighted by Crippen LogP contribution is -2.34. The molecule has 0 bridgehead atoms. The van der Waals surface area contributed by atoms with Gasteiger partial charge < -0.3 is 11.1 Å². The number of aryl methyl sites for hydroxylation is 1. The second kappa shape index (κ2) is 4.72. The van der Waals surface area contributed by atoms with E-state index in [4.69, 9.17) is 5.73 Å². The van der Waals surface area contributed by atoms with Crippen molar-refractivity contribution in [1.29, 1.82) is 0 Å². The predicted octanol–water partition coefficient (Wildman–Crippen LogP) is 1.07. The zero-order valence-corrected chi connectivity index (χ0v) is 8.45. The van der Waals surface area contributed by atoms with Gasteiger partial charge in [0.15, 0.2) is 0 Å². The summed E-state index contributed by atoms with van der Waals surface area (Å²) in [6.07, 6.45) is 3.97. The maximum Gasteiger partial charge on any atom is 0.241 e. The van der Waals surface area contributed by atoms with Crippen molar-refractivity contribution >= 4 is 11.6 Å². The summed E-state index contributed by atoms with van der Waals surface area (Å²) in [6, 6.07) is 1.41. The molecule has 0 aliphatic rings. The normalized spacial score (nSPS) is 12.2. The lowest BCUT2D eigenvalue weighted by atomic mass is 10.2. The Hall–Kier alpha value is -1.42. The van der Waals surface area contributed by atoms with Gasteiger partial charge in [0, 0.05) is 6.20 Å². The molecule has 14 heavy (non-hydrogen) atoms. The van der Waals surface area contributed by atoms with E-state index in [0.717, 1.165) is 5.56 Å². The second-order valence-corrected chi connectivity index (χ2v) is 3.25. The quantitative estimate of drug-likeness (QED) is 0.754. The van der Waals surface area contributed by atoms with Gasteiger partial charge in [0.05, 0.1) is 17.9 Å². The molecule has 0 aliphatic heterocycles. The van der Waals surface area contributed by atoms with Crippen LogP contribution in [-0.4, -0.2) is 16.9 Å². The van der Waals surface area contributed by atoms with Crippen molar-refractivity contribution in [2.45, 2.75) is 26.3 Å². The van der Waals surface area contributed by atoms with Gasteiger partial charge in [-0.15, -0.1) is 0 Å². The summed E-state index contributed by atoms with van der Waals surface area (Å²) >= 11 is 0.